The largest absolute Gasteiger partial charge is 0.443 e. The maximum absolute atomic E-state index is 13.3. The molecule has 3 rings (SSSR count). The molecule has 2 N–H and O–H groups in total. The van der Waals surface area contributed by atoms with Crippen molar-refractivity contribution in [2.24, 2.45) is 17.1 Å². The number of fused-ring (bicyclic) bond motifs is 1. The Hall–Kier alpha value is -3.58. The second-order valence-electron chi connectivity index (χ2n) is 10.5. The molecule has 1 aliphatic heterocycles. The van der Waals surface area contributed by atoms with Crippen LogP contribution >= 0.6 is 12.4 Å². The number of carbonyl (C=O) groups excluding carboxylic acids is 1. The molecule has 0 radical (unpaired) electrons. The highest BCUT2D eigenvalue weighted by atomic mass is 35.5. The van der Waals surface area contributed by atoms with Crippen LogP contribution in [0.15, 0.2) is 34.1 Å². The van der Waals surface area contributed by atoms with E-state index in [2.05, 4.69) is 9.68 Å². The summed E-state index contributed by atoms with van der Waals surface area (Å²) in [6.45, 7) is 3.12. The molecule has 1 aromatic carbocycles. The summed E-state index contributed by atoms with van der Waals surface area (Å²) >= 11 is 0. The lowest BCUT2D eigenvalue weighted by molar-refractivity contribution is -0.768. The molecule has 240 valence electrons. The van der Waals surface area contributed by atoms with Crippen molar-refractivity contribution in [1.82, 2.24) is 8.87 Å². The van der Waals surface area contributed by atoms with Crippen molar-refractivity contribution in [2.45, 2.75) is 44.9 Å². The zero-order chi connectivity index (χ0) is 31.2. The van der Waals surface area contributed by atoms with Crippen molar-refractivity contribution in [3.8, 4) is 0 Å². The average Bonchev–Trinajstić information content (AvgIpc) is 3.37. The first-order valence-electron chi connectivity index (χ1n) is 12.8. The topological polar surface area (TPSA) is 226 Å². The van der Waals surface area contributed by atoms with Crippen LogP contribution in [0.4, 0.5) is 0 Å². The van der Waals surface area contributed by atoms with E-state index in [0.717, 1.165) is 4.57 Å². The molecule has 1 aromatic heterocycles. The second-order valence-corrected chi connectivity index (χ2v) is 12.4. The molecule has 0 saturated carbocycles. The van der Waals surface area contributed by atoms with Gasteiger partial charge in [0.1, 0.15) is 13.2 Å². The Morgan fingerprint density at radius 1 is 1.16 bits per heavy atom. The molecule has 43 heavy (non-hydrogen) atoms. The summed E-state index contributed by atoms with van der Waals surface area (Å²) in [7, 11) is -3.90. The smallest absolute Gasteiger partial charge is 0.315 e. The Bertz CT molecular complexity index is 1480. The Morgan fingerprint density at radius 2 is 1.79 bits per heavy atom. The lowest BCUT2D eigenvalue weighted by Gasteiger charge is -2.24. The van der Waals surface area contributed by atoms with Crippen molar-refractivity contribution in [2.75, 3.05) is 39.5 Å². The molecule has 1 fully saturated rings. The highest BCUT2D eigenvalue weighted by Gasteiger charge is 2.33. The van der Waals surface area contributed by atoms with Crippen LogP contribution in [0.25, 0.3) is 10.8 Å². The minimum atomic E-state index is -3.90. The molecule has 0 aliphatic carbocycles. The predicted molar refractivity (Wildman–Crippen MR) is 152 cm³/mol. The molecular weight excluding hydrogens is 618 g/mol. The van der Waals surface area contributed by atoms with Gasteiger partial charge in [0.25, 0.3) is 15.7 Å². The van der Waals surface area contributed by atoms with E-state index >= 15 is 0 Å². The fourth-order valence-corrected chi connectivity index (χ4v) is 6.18. The van der Waals surface area contributed by atoms with Gasteiger partial charge in [0.2, 0.25) is 10.0 Å². The molecule has 2 aromatic rings. The van der Waals surface area contributed by atoms with Gasteiger partial charge in [0.15, 0.2) is 6.73 Å². The number of nitrogens with two attached hydrogens (primary N) is 1. The lowest BCUT2D eigenvalue weighted by Crippen LogP contribution is -2.35. The number of nitrogens with zero attached hydrogens (tertiary/aromatic N) is 4. The molecule has 19 heteroatoms. The molecule has 1 saturated heterocycles. The van der Waals surface area contributed by atoms with E-state index in [0.29, 0.717) is 12.0 Å². The third-order valence-corrected chi connectivity index (χ3v) is 8.51. The van der Waals surface area contributed by atoms with E-state index in [-0.39, 0.29) is 60.4 Å². The molecular formula is C24H34ClN5O12S. The first kappa shape index (κ1) is 35.6. The van der Waals surface area contributed by atoms with Crippen LogP contribution in [0.3, 0.4) is 0 Å². The molecule has 0 bridgehead atoms. The standard InChI is InChI=1S/C24H33N5O12S.ClH/c1-16-9-26(22(30)19-5-4-6-20(21(16)19)42(36,37)27-8-7-18(25)10-27)15-39-23(31)24(2,3)14-38-11-17(12-40-28(32)33)13-41-29(34)35;/h4-6,9,17-18H,7-8,10-15,25H2,1-3H3;1H/t18-;/m0./s1. The molecule has 1 atom stereocenters. The van der Waals surface area contributed by atoms with Gasteiger partial charge in [-0.1, -0.05) is 6.07 Å². The first-order valence-corrected chi connectivity index (χ1v) is 14.3. The predicted octanol–water partition coefficient (Wildman–Crippen LogP) is 1.03. The minimum Gasteiger partial charge on any atom is -0.443 e. The zero-order valence-electron chi connectivity index (χ0n) is 23.7. The van der Waals surface area contributed by atoms with Crippen LogP contribution < -0.4 is 11.3 Å². The van der Waals surface area contributed by atoms with Crippen molar-refractivity contribution in [1.29, 1.82) is 0 Å². The summed E-state index contributed by atoms with van der Waals surface area (Å²) in [5.74, 6) is -1.61. The first-order chi connectivity index (χ1) is 19.6. The Morgan fingerprint density at radius 3 is 2.35 bits per heavy atom. The van der Waals surface area contributed by atoms with E-state index < -0.39 is 63.0 Å². The van der Waals surface area contributed by atoms with Gasteiger partial charge in [-0.3, -0.25) is 14.2 Å². The quantitative estimate of drug-likeness (QED) is 0.161. The van der Waals surface area contributed by atoms with Gasteiger partial charge >= 0.3 is 5.97 Å². The van der Waals surface area contributed by atoms with E-state index in [4.69, 9.17) is 15.2 Å². The van der Waals surface area contributed by atoms with Crippen LogP contribution in [0.1, 0.15) is 25.8 Å². The van der Waals surface area contributed by atoms with Crippen LogP contribution in [0.5, 0.6) is 0 Å². The Balaban J connectivity index is 0.00000645. The van der Waals surface area contributed by atoms with E-state index in [9.17, 15) is 38.2 Å². The molecule has 0 amide bonds. The van der Waals surface area contributed by atoms with Gasteiger partial charge in [-0.25, -0.2) is 8.42 Å². The van der Waals surface area contributed by atoms with Crippen LogP contribution in [-0.4, -0.2) is 79.0 Å². The summed E-state index contributed by atoms with van der Waals surface area (Å²) in [6.07, 6.45) is 1.95. The number of aromatic nitrogens is 1. The number of benzene rings is 1. The van der Waals surface area contributed by atoms with Gasteiger partial charge in [0, 0.05) is 42.0 Å². The second kappa shape index (κ2) is 14.7. The van der Waals surface area contributed by atoms with Crippen LogP contribution in [-0.2, 0) is 40.7 Å². The van der Waals surface area contributed by atoms with Gasteiger partial charge in [-0.15, -0.1) is 32.6 Å². The highest BCUT2D eigenvalue weighted by Crippen LogP contribution is 2.29. The summed E-state index contributed by atoms with van der Waals surface area (Å²) in [5.41, 5.74) is 4.57. The number of hydrogen-bond acceptors (Lipinski definition) is 13. The fourth-order valence-electron chi connectivity index (χ4n) is 4.39. The minimum absolute atomic E-state index is 0. The Labute approximate surface area is 252 Å². The van der Waals surface area contributed by atoms with Gasteiger partial charge in [-0.2, -0.15) is 4.31 Å². The number of pyridine rings is 1. The van der Waals surface area contributed by atoms with Crippen molar-refractivity contribution in [3.05, 3.63) is 60.5 Å². The van der Waals surface area contributed by atoms with Crippen molar-refractivity contribution >= 4 is 39.2 Å². The number of aryl methyl sites for hydroxylation is 1. The van der Waals surface area contributed by atoms with Crippen LogP contribution in [0, 0.1) is 38.5 Å². The average molecular weight is 652 g/mol. The Kier molecular flexibility index (Phi) is 12.2. The number of halogens is 1. The van der Waals surface area contributed by atoms with E-state index in [1.54, 1.807) is 6.92 Å². The van der Waals surface area contributed by atoms with Gasteiger partial charge < -0.3 is 24.9 Å². The van der Waals surface area contributed by atoms with Crippen molar-refractivity contribution < 1.29 is 42.5 Å². The summed E-state index contributed by atoms with van der Waals surface area (Å²) in [6, 6.07) is 4.16. The number of sulfonamides is 1. The van der Waals surface area contributed by atoms with Gasteiger partial charge in [-0.05, 0) is 44.9 Å². The summed E-state index contributed by atoms with van der Waals surface area (Å²) in [4.78, 5) is 55.4. The highest BCUT2D eigenvalue weighted by molar-refractivity contribution is 7.89. The molecule has 17 nitrogen and oxygen atoms in total. The lowest BCUT2D eigenvalue weighted by atomic mass is 9.95. The maximum Gasteiger partial charge on any atom is 0.315 e. The van der Waals surface area contributed by atoms with Gasteiger partial charge in [0.05, 0.1) is 23.5 Å². The molecule has 2 heterocycles. The number of hydrogen-bond donors (Lipinski definition) is 1. The number of esters is 1. The fraction of sp³-hybridized carbons (Fsp3) is 0.583. The van der Waals surface area contributed by atoms with Crippen LogP contribution in [0.2, 0.25) is 0 Å². The molecule has 0 spiro atoms. The summed E-state index contributed by atoms with van der Waals surface area (Å²) in [5, 5.41) is 19.2. The normalized spacial score (nSPS) is 15.7. The van der Waals surface area contributed by atoms with Crippen molar-refractivity contribution in [3.63, 3.8) is 0 Å². The number of rotatable bonds is 15. The molecule has 1 aliphatic rings. The maximum atomic E-state index is 13.3. The number of ether oxygens (including phenoxy) is 2. The zero-order valence-corrected chi connectivity index (χ0v) is 25.3. The third kappa shape index (κ3) is 8.96. The van der Waals surface area contributed by atoms with E-state index in [1.165, 1.54) is 42.5 Å². The SMILES string of the molecule is Cc1cn(COC(=O)C(C)(C)COCC(CO[N+](=O)[O-])CO[N+](=O)[O-])c(=O)c2cccc(S(=O)(=O)N3CC[C@H](N)C3)c12.Cl. The van der Waals surface area contributed by atoms with E-state index in [1.807, 2.05) is 0 Å². The molecule has 0 unspecified atom stereocenters. The monoisotopic (exact) mass is 651 g/mol. The number of carbonyl (C=O) groups is 1. The summed E-state index contributed by atoms with van der Waals surface area (Å²) < 4.78 is 39.9. The third-order valence-electron chi connectivity index (χ3n) is 6.60.